The van der Waals surface area contributed by atoms with Gasteiger partial charge in [-0.1, -0.05) is 18.2 Å². The van der Waals surface area contributed by atoms with Crippen LogP contribution < -0.4 is 10.2 Å². The highest BCUT2D eigenvalue weighted by atomic mass is 16.5. The quantitative estimate of drug-likeness (QED) is 0.900. The van der Waals surface area contributed by atoms with Crippen molar-refractivity contribution >= 4 is 5.69 Å². The third-order valence-electron chi connectivity index (χ3n) is 5.38. The number of fused-ring (bicyclic) bond motifs is 1. The monoisotopic (exact) mass is 286 g/mol. The molecule has 21 heavy (non-hydrogen) atoms. The fourth-order valence-electron chi connectivity index (χ4n) is 3.85. The van der Waals surface area contributed by atoms with E-state index in [1.165, 1.54) is 36.9 Å². The maximum Gasteiger partial charge on any atom is 0.0552 e. The minimum atomic E-state index is 0.300. The van der Waals surface area contributed by atoms with E-state index in [4.69, 9.17) is 4.74 Å². The molecule has 4 rings (SSSR count). The number of ether oxygens (including phenoxy) is 1. The van der Waals surface area contributed by atoms with Gasteiger partial charge in [-0.3, -0.25) is 0 Å². The zero-order chi connectivity index (χ0) is 14.3. The Bertz CT molecular complexity index is 506. The Labute approximate surface area is 127 Å². The molecule has 0 radical (unpaired) electrons. The topological polar surface area (TPSA) is 24.5 Å². The lowest BCUT2D eigenvalue weighted by Crippen LogP contribution is -2.47. The molecular weight excluding hydrogens is 260 g/mol. The summed E-state index contributed by atoms with van der Waals surface area (Å²) >= 11 is 0. The number of nitrogens with one attached hydrogen (secondary N) is 1. The zero-order valence-corrected chi connectivity index (χ0v) is 13.0. The molecule has 0 spiro atoms. The van der Waals surface area contributed by atoms with E-state index < -0.39 is 0 Å². The van der Waals surface area contributed by atoms with Crippen LogP contribution in [0.2, 0.25) is 0 Å². The Balaban J connectivity index is 1.52. The Hall–Kier alpha value is -1.06. The highest BCUT2D eigenvalue weighted by molar-refractivity contribution is 5.59. The van der Waals surface area contributed by atoms with Gasteiger partial charge in [0.25, 0.3) is 0 Å². The molecule has 3 nitrogen and oxygen atoms in total. The number of anilines is 1. The summed E-state index contributed by atoms with van der Waals surface area (Å²) in [5.41, 5.74) is 3.26. The van der Waals surface area contributed by atoms with Crippen LogP contribution in [-0.2, 0) is 11.2 Å². The van der Waals surface area contributed by atoms with Crippen molar-refractivity contribution in [1.29, 1.82) is 0 Å². The molecule has 3 aliphatic rings. The van der Waals surface area contributed by atoms with Gasteiger partial charge < -0.3 is 15.0 Å². The van der Waals surface area contributed by atoms with Crippen molar-refractivity contribution in [1.82, 2.24) is 5.32 Å². The van der Waals surface area contributed by atoms with E-state index in [-0.39, 0.29) is 0 Å². The van der Waals surface area contributed by atoms with Crippen LogP contribution in [0.1, 0.15) is 31.7 Å². The molecule has 2 atom stereocenters. The van der Waals surface area contributed by atoms with Gasteiger partial charge in [-0.2, -0.15) is 0 Å². The predicted octanol–water partition coefficient (Wildman–Crippen LogP) is 2.60. The fraction of sp³-hybridized carbons (Fsp3) is 0.667. The van der Waals surface area contributed by atoms with Gasteiger partial charge in [0.05, 0.1) is 6.61 Å². The van der Waals surface area contributed by atoms with Gasteiger partial charge in [-0.15, -0.1) is 0 Å². The molecule has 1 aromatic rings. The maximum atomic E-state index is 5.78. The Kier molecular flexibility index (Phi) is 3.43. The lowest BCUT2D eigenvalue weighted by Gasteiger charge is -2.36. The number of benzene rings is 1. The summed E-state index contributed by atoms with van der Waals surface area (Å²) in [4.78, 5) is 2.62. The van der Waals surface area contributed by atoms with Crippen LogP contribution in [0.25, 0.3) is 0 Å². The first-order chi connectivity index (χ1) is 10.3. The molecule has 2 fully saturated rings. The number of hydrogen-bond donors (Lipinski definition) is 1. The van der Waals surface area contributed by atoms with Crippen LogP contribution in [0.4, 0.5) is 5.69 Å². The summed E-state index contributed by atoms with van der Waals surface area (Å²) in [5, 5.41) is 3.75. The van der Waals surface area contributed by atoms with Crippen molar-refractivity contribution in [3.05, 3.63) is 29.8 Å². The summed E-state index contributed by atoms with van der Waals surface area (Å²) in [5.74, 6) is 0. The summed E-state index contributed by atoms with van der Waals surface area (Å²) in [6, 6.07) is 10.3. The Morgan fingerprint density at radius 3 is 2.95 bits per heavy atom. The molecule has 2 heterocycles. The van der Waals surface area contributed by atoms with Gasteiger partial charge in [0, 0.05) is 42.9 Å². The van der Waals surface area contributed by atoms with E-state index in [0.717, 1.165) is 32.3 Å². The second kappa shape index (κ2) is 5.29. The Morgan fingerprint density at radius 1 is 1.33 bits per heavy atom. The van der Waals surface area contributed by atoms with E-state index in [2.05, 4.69) is 41.4 Å². The standard InChI is InChI=1S/C18H26N2O/c1-14-10-15-4-2-3-5-17(15)20(14)12-18(8-9-21-13-18)11-19-16-6-7-16/h2-5,14,16,19H,6-13H2,1H3. The molecule has 0 amide bonds. The molecule has 3 heteroatoms. The predicted molar refractivity (Wildman–Crippen MR) is 85.8 cm³/mol. The lowest BCUT2D eigenvalue weighted by atomic mass is 9.86. The van der Waals surface area contributed by atoms with E-state index in [9.17, 15) is 0 Å². The van der Waals surface area contributed by atoms with Crippen LogP contribution in [-0.4, -0.2) is 38.4 Å². The van der Waals surface area contributed by atoms with Crippen molar-refractivity contribution in [3.63, 3.8) is 0 Å². The average Bonchev–Trinajstić information content (AvgIpc) is 3.13. The van der Waals surface area contributed by atoms with Gasteiger partial charge in [-0.05, 0) is 44.2 Å². The highest BCUT2D eigenvalue weighted by Gasteiger charge is 2.40. The van der Waals surface area contributed by atoms with Crippen LogP contribution in [0, 0.1) is 5.41 Å². The fourth-order valence-corrected chi connectivity index (χ4v) is 3.85. The smallest absolute Gasteiger partial charge is 0.0552 e. The minimum Gasteiger partial charge on any atom is -0.381 e. The largest absolute Gasteiger partial charge is 0.381 e. The zero-order valence-electron chi connectivity index (χ0n) is 13.0. The van der Waals surface area contributed by atoms with Crippen LogP contribution >= 0.6 is 0 Å². The number of hydrogen-bond acceptors (Lipinski definition) is 3. The van der Waals surface area contributed by atoms with E-state index >= 15 is 0 Å². The van der Waals surface area contributed by atoms with Crippen molar-refractivity contribution in [3.8, 4) is 0 Å². The van der Waals surface area contributed by atoms with Gasteiger partial charge in [0.15, 0.2) is 0 Å². The molecular formula is C18H26N2O. The van der Waals surface area contributed by atoms with Gasteiger partial charge in [0.1, 0.15) is 0 Å². The van der Waals surface area contributed by atoms with Crippen LogP contribution in [0.15, 0.2) is 24.3 Å². The molecule has 1 aromatic carbocycles. The summed E-state index contributed by atoms with van der Waals surface area (Å²) in [6.07, 6.45) is 5.10. The highest BCUT2D eigenvalue weighted by Crippen LogP contribution is 2.38. The van der Waals surface area contributed by atoms with E-state index in [1.54, 1.807) is 0 Å². The molecule has 1 saturated carbocycles. The summed E-state index contributed by atoms with van der Waals surface area (Å²) in [7, 11) is 0. The maximum absolute atomic E-state index is 5.78. The van der Waals surface area contributed by atoms with Gasteiger partial charge in [0.2, 0.25) is 0 Å². The summed E-state index contributed by atoms with van der Waals surface area (Å²) in [6.45, 7) is 6.44. The van der Waals surface area contributed by atoms with Crippen molar-refractivity contribution in [2.24, 2.45) is 5.41 Å². The second-order valence-electron chi connectivity index (χ2n) is 7.27. The van der Waals surface area contributed by atoms with Crippen molar-refractivity contribution < 1.29 is 4.74 Å². The molecule has 1 saturated heterocycles. The van der Waals surface area contributed by atoms with Crippen molar-refractivity contribution in [2.75, 3.05) is 31.2 Å². The lowest BCUT2D eigenvalue weighted by molar-refractivity contribution is 0.151. The second-order valence-corrected chi connectivity index (χ2v) is 7.27. The third-order valence-corrected chi connectivity index (χ3v) is 5.38. The summed E-state index contributed by atoms with van der Waals surface area (Å²) < 4.78 is 5.78. The molecule has 114 valence electrons. The van der Waals surface area contributed by atoms with Gasteiger partial charge >= 0.3 is 0 Å². The molecule has 0 bridgehead atoms. The van der Waals surface area contributed by atoms with Crippen LogP contribution in [0.3, 0.4) is 0 Å². The first kappa shape index (κ1) is 13.6. The van der Waals surface area contributed by atoms with Gasteiger partial charge in [-0.25, -0.2) is 0 Å². The minimum absolute atomic E-state index is 0.300. The van der Waals surface area contributed by atoms with E-state index in [1.807, 2.05) is 0 Å². The SMILES string of the molecule is CC1Cc2ccccc2N1CC1(CNC2CC2)CCOC1. The average molecular weight is 286 g/mol. The first-order valence-electron chi connectivity index (χ1n) is 8.41. The normalized spacial score (nSPS) is 31.7. The molecule has 2 unspecified atom stereocenters. The number of para-hydroxylation sites is 1. The van der Waals surface area contributed by atoms with Crippen LogP contribution in [0.5, 0.6) is 0 Å². The number of nitrogens with zero attached hydrogens (tertiary/aromatic N) is 1. The Morgan fingerprint density at radius 2 is 2.19 bits per heavy atom. The third kappa shape index (κ3) is 2.69. The molecule has 0 aromatic heterocycles. The molecule has 2 aliphatic heterocycles. The van der Waals surface area contributed by atoms with E-state index in [0.29, 0.717) is 11.5 Å². The van der Waals surface area contributed by atoms with Crippen molar-refractivity contribution in [2.45, 2.75) is 44.7 Å². The first-order valence-corrected chi connectivity index (χ1v) is 8.41. The molecule has 1 N–H and O–H groups in total. The molecule has 1 aliphatic carbocycles. The number of rotatable bonds is 5.